The molecule has 0 aromatic heterocycles. The van der Waals surface area contributed by atoms with Crippen LogP contribution in [0.4, 0.5) is 0 Å². The fourth-order valence-corrected chi connectivity index (χ4v) is 6.53. The topological polar surface area (TPSA) is 34.1 Å². The summed E-state index contributed by atoms with van der Waals surface area (Å²) in [6.07, 6.45) is 0. The van der Waals surface area contributed by atoms with E-state index in [-0.39, 0.29) is 9.80 Å². The SMILES string of the molecule is O=S(=O)(/C(=C(\Sc1ccc(Cl)cc1)c1ccccc1)c1ccc(Cl)cc1)c1ccc(Cl)cc1. The Kier molecular flexibility index (Phi) is 7.52. The van der Waals surface area contributed by atoms with Gasteiger partial charge in [-0.05, 0) is 71.8 Å². The first-order chi connectivity index (χ1) is 15.8. The molecule has 0 saturated heterocycles. The zero-order chi connectivity index (χ0) is 23.4. The summed E-state index contributed by atoms with van der Waals surface area (Å²) in [4.78, 5) is 1.79. The number of sulfone groups is 1. The van der Waals surface area contributed by atoms with E-state index in [0.29, 0.717) is 25.5 Å². The van der Waals surface area contributed by atoms with Crippen LogP contribution in [0.5, 0.6) is 0 Å². The Bertz CT molecular complexity index is 1380. The fourth-order valence-electron chi connectivity index (χ4n) is 3.19. The standard InChI is InChI=1S/C26H17Cl3O2S2/c27-20-8-6-19(7-9-20)26(33(30,31)24-16-12-22(29)13-17-24)25(18-4-2-1-3-5-18)32-23-14-10-21(28)11-15-23/h1-17H/b26-25-. The third kappa shape index (κ3) is 5.65. The summed E-state index contributed by atoms with van der Waals surface area (Å²) in [5.74, 6) is 0. The van der Waals surface area contributed by atoms with Crippen molar-refractivity contribution >= 4 is 66.2 Å². The van der Waals surface area contributed by atoms with Crippen molar-refractivity contribution in [3.05, 3.63) is 129 Å². The summed E-state index contributed by atoms with van der Waals surface area (Å²) in [6, 6.07) is 29.7. The van der Waals surface area contributed by atoms with Crippen LogP contribution in [-0.4, -0.2) is 8.42 Å². The van der Waals surface area contributed by atoms with Crippen LogP contribution in [0, 0.1) is 0 Å². The van der Waals surface area contributed by atoms with Gasteiger partial charge >= 0.3 is 0 Å². The molecule has 0 atom stereocenters. The predicted molar refractivity (Wildman–Crippen MR) is 141 cm³/mol. The molecule has 2 nitrogen and oxygen atoms in total. The molecule has 0 heterocycles. The first kappa shape index (κ1) is 23.9. The molecule has 4 aromatic carbocycles. The fraction of sp³-hybridized carbons (Fsp3) is 0. The van der Waals surface area contributed by atoms with Gasteiger partial charge in [0.2, 0.25) is 9.84 Å². The number of thioether (sulfide) groups is 1. The Labute approximate surface area is 212 Å². The minimum absolute atomic E-state index is 0.155. The van der Waals surface area contributed by atoms with Crippen molar-refractivity contribution in [2.24, 2.45) is 0 Å². The molecule has 0 aliphatic heterocycles. The molecule has 0 spiro atoms. The van der Waals surface area contributed by atoms with Gasteiger partial charge in [0.25, 0.3) is 0 Å². The monoisotopic (exact) mass is 530 g/mol. The molecule has 166 valence electrons. The first-order valence-corrected chi connectivity index (χ1v) is 13.3. The molecule has 7 heteroatoms. The Morgan fingerprint density at radius 2 is 1.06 bits per heavy atom. The van der Waals surface area contributed by atoms with Gasteiger partial charge in [0.1, 0.15) is 0 Å². The summed E-state index contributed by atoms with van der Waals surface area (Å²) in [5, 5.41) is 1.59. The van der Waals surface area contributed by atoms with Gasteiger partial charge in [-0.15, -0.1) is 0 Å². The van der Waals surface area contributed by atoms with Gasteiger partial charge in [0.15, 0.2) is 0 Å². The minimum Gasteiger partial charge on any atom is -0.218 e. The lowest BCUT2D eigenvalue weighted by atomic mass is 10.1. The maximum Gasteiger partial charge on any atom is 0.208 e. The smallest absolute Gasteiger partial charge is 0.208 e. The second-order valence-electron chi connectivity index (χ2n) is 7.04. The van der Waals surface area contributed by atoms with Gasteiger partial charge in [-0.3, -0.25) is 0 Å². The summed E-state index contributed by atoms with van der Waals surface area (Å²) < 4.78 is 28.0. The second kappa shape index (κ2) is 10.4. The van der Waals surface area contributed by atoms with E-state index in [2.05, 4.69) is 0 Å². The lowest BCUT2D eigenvalue weighted by Gasteiger charge is -2.17. The van der Waals surface area contributed by atoms with Gasteiger partial charge in [-0.1, -0.05) is 89.0 Å². The maximum absolute atomic E-state index is 14.0. The van der Waals surface area contributed by atoms with Crippen LogP contribution >= 0.6 is 46.6 Å². The van der Waals surface area contributed by atoms with Crippen molar-refractivity contribution < 1.29 is 8.42 Å². The third-order valence-corrected chi connectivity index (χ3v) is 8.68. The van der Waals surface area contributed by atoms with E-state index < -0.39 is 9.84 Å². The van der Waals surface area contributed by atoms with E-state index in [0.717, 1.165) is 10.5 Å². The third-order valence-electron chi connectivity index (χ3n) is 4.77. The van der Waals surface area contributed by atoms with Gasteiger partial charge in [0.05, 0.1) is 9.80 Å². The van der Waals surface area contributed by atoms with Gasteiger partial charge in [-0.25, -0.2) is 8.42 Å². The van der Waals surface area contributed by atoms with Crippen molar-refractivity contribution in [2.75, 3.05) is 0 Å². The van der Waals surface area contributed by atoms with E-state index in [1.54, 1.807) is 48.5 Å². The highest BCUT2D eigenvalue weighted by Crippen LogP contribution is 2.44. The zero-order valence-corrected chi connectivity index (χ0v) is 21.0. The second-order valence-corrected chi connectivity index (χ2v) is 11.3. The zero-order valence-electron chi connectivity index (χ0n) is 17.1. The van der Waals surface area contributed by atoms with Crippen molar-refractivity contribution in [2.45, 2.75) is 9.79 Å². The Morgan fingerprint density at radius 1 is 0.576 bits per heavy atom. The molecule has 0 bridgehead atoms. The van der Waals surface area contributed by atoms with Crippen LogP contribution in [0.1, 0.15) is 11.1 Å². The molecule has 0 fully saturated rings. The first-order valence-electron chi connectivity index (χ1n) is 9.84. The van der Waals surface area contributed by atoms with Gasteiger partial charge in [0, 0.05) is 24.9 Å². The normalized spacial score (nSPS) is 12.3. The summed E-state index contributed by atoms with van der Waals surface area (Å²) in [5.41, 5.74) is 1.31. The molecular weight excluding hydrogens is 515 g/mol. The van der Waals surface area contributed by atoms with E-state index in [1.807, 2.05) is 42.5 Å². The maximum atomic E-state index is 14.0. The quantitative estimate of drug-likeness (QED) is 0.184. The van der Waals surface area contributed by atoms with Crippen LogP contribution in [-0.2, 0) is 9.84 Å². The van der Waals surface area contributed by atoms with Gasteiger partial charge in [-0.2, -0.15) is 0 Å². The molecule has 0 aliphatic carbocycles. The lowest BCUT2D eigenvalue weighted by molar-refractivity contribution is 0.606. The molecule has 0 radical (unpaired) electrons. The molecule has 0 aliphatic rings. The highest BCUT2D eigenvalue weighted by Gasteiger charge is 2.28. The largest absolute Gasteiger partial charge is 0.218 e. The number of halogens is 3. The summed E-state index contributed by atoms with van der Waals surface area (Å²) in [7, 11) is -3.93. The highest BCUT2D eigenvalue weighted by molar-refractivity contribution is 8.11. The highest BCUT2D eigenvalue weighted by atomic mass is 35.5. The summed E-state index contributed by atoms with van der Waals surface area (Å²) in [6.45, 7) is 0. The van der Waals surface area contributed by atoms with E-state index in [4.69, 9.17) is 34.8 Å². The molecule has 4 aromatic rings. The summed E-state index contributed by atoms with van der Waals surface area (Å²) >= 11 is 19.6. The number of benzene rings is 4. The molecule has 0 saturated carbocycles. The molecule has 0 unspecified atom stereocenters. The van der Waals surface area contributed by atoms with Crippen molar-refractivity contribution in [1.82, 2.24) is 0 Å². The lowest BCUT2D eigenvalue weighted by Crippen LogP contribution is -2.06. The van der Waals surface area contributed by atoms with Crippen LogP contribution in [0.25, 0.3) is 9.81 Å². The Hall–Kier alpha value is -2.21. The van der Waals surface area contributed by atoms with Crippen LogP contribution in [0.15, 0.2) is 113 Å². The molecule has 33 heavy (non-hydrogen) atoms. The predicted octanol–water partition coefficient (Wildman–Crippen LogP) is 8.74. The number of hydrogen-bond acceptors (Lipinski definition) is 3. The van der Waals surface area contributed by atoms with E-state index in [1.165, 1.54) is 23.9 Å². The number of rotatable bonds is 6. The van der Waals surface area contributed by atoms with Crippen molar-refractivity contribution in [3.63, 3.8) is 0 Å². The Balaban J connectivity index is 2.02. The van der Waals surface area contributed by atoms with E-state index >= 15 is 0 Å². The van der Waals surface area contributed by atoms with Crippen LogP contribution in [0.2, 0.25) is 15.1 Å². The van der Waals surface area contributed by atoms with E-state index in [9.17, 15) is 8.42 Å². The average molecular weight is 532 g/mol. The molecular formula is C26H17Cl3O2S2. The van der Waals surface area contributed by atoms with Crippen LogP contribution < -0.4 is 0 Å². The molecule has 0 amide bonds. The van der Waals surface area contributed by atoms with Crippen LogP contribution in [0.3, 0.4) is 0 Å². The Morgan fingerprint density at radius 3 is 1.61 bits per heavy atom. The molecule has 0 N–H and O–H groups in total. The number of hydrogen-bond donors (Lipinski definition) is 0. The van der Waals surface area contributed by atoms with Crippen molar-refractivity contribution in [3.8, 4) is 0 Å². The minimum atomic E-state index is -3.93. The average Bonchev–Trinajstić information content (AvgIpc) is 2.82. The molecule has 4 rings (SSSR count). The van der Waals surface area contributed by atoms with Crippen molar-refractivity contribution in [1.29, 1.82) is 0 Å². The van der Waals surface area contributed by atoms with Gasteiger partial charge < -0.3 is 0 Å².